The minimum absolute atomic E-state index is 0.145. The number of carboxylic acid groups (broad SMARTS) is 1. The van der Waals surface area contributed by atoms with Crippen LogP contribution in [0.1, 0.15) is 38.2 Å². The van der Waals surface area contributed by atoms with E-state index in [0.717, 1.165) is 25.7 Å². The molecular formula is C20H27NO3. The number of benzene rings is 1. The first-order valence-electron chi connectivity index (χ1n) is 8.94. The number of hydrogen-bond acceptors (Lipinski definition) is 2. The lowest BCUT2D eigenvalue weighted by Crippen LogP contribution is -2.48. The van der Waals surface area contributed by atoms with Crippen molar-refractivity contribution in [3.63, 3.8) is 0 Å². The van der Waals surface area contributed by atoms with Crippen LogP contribution in [-0.4, -0.2) is 35.5 Å². The van der Waals surface area contributed by atoms with E-state index in [1.807, 2.05) is 18.2 Å². The molecule has 4 atom stereocenters. The van der Waals surface area contributed by atoms with Crippen molar-refractivity contribution in [2.75, 3.05) is 13.6 Å². The van der Waals surface area contributed by atoms with E-state index in [1.165, 1.54) is 12.0 Å². The van der Waals surface area contributed by atoms with Crippen LogP contribution in [0.25, 0.3) is 0 Å². The van der Waals surface area contributed by atoms with Crippen LogP contribution in [0.2, 0.25) is 0 Å². The third-order valence-electron chi connectivity index (χ3n) is 6.08. The van der Waals surface area contributed by atoms with E-state index in [-0.39, 0.29) is 17.9 Å². The molecule has 130 valence electrons. The van der Waals surface area contributed by atoms with E-state index < -0.39 is 11.9 Å². The Balaban J connectivity index is 1.83. The monoisotopic (exact) mass is 329 g/mol. The zero-order valence-electron chi connectivity index (χ0n) is 14.6. The Kier molecular flexibility index (Phi) is 4.66. The zero-order chi connectivity index (χ0) is 17.3. The van der Waals surface area contributed by atoms with Crippen molar-refractivity contribution in [2.24, 2.45) is 23.2 Å². The van der Waals surface area contributed by atoms with Crippen LogP contribution in [0.5, 0.6) is 0 Å². The van der Waals surface area contributed by atoms with Crippen LogP contribution in [-0.2, 0) is 16.0 Å². The fourth-order valence-electron chi connectivity index (χ4n) is 4.91. The molecule has 0 spiro atoms. The minimum atomic E-state index is -0.847. The summed E-state index contributed by atoms with van der Waals surface area (Å²) in [4.78, 5) is 26.2. The highest BCUT2D eigenvalue weighted by Crippen LogP contribution is 2.58. The molecule has 2 saturated carbocycles. The Bertz CT molecular complexity index is 615. The lowest BCUT2D eigenvalue weighted by molar-refractivity contribution is -0.147. The molecule has 2 fully saturated rings. The van der Waals surface area contributed by atoms with Crippen molar-refractivity contribution >= 4 is 11.9 Å². The predicted octanol–water partition coefficient (Wildman–Crippen LogP) is 3.21. The molecule has 2 aliphatic rings. The minimum Gasteiger partial charge on any atom is -0.481 e. The SMILES string of the molecule is CC(CN(C)C(=O)C1(Cc2ccccc2)CC2CCC1C2)C(=O)O. The van der Waals surface area contributed by atoms with E-state index in [1.54, 1.807) is 18.9 Å². The summed E-state index contributed by atoms with van der Waals surface area (Å²) in [6.45, 7) is 1.94. The third-order valence-corrected chi connectivity index (χ3v) is 6.08. The predicted molar refractivity (Wildman–Crippen MR) is 92.5 cm³/mol. The fraction of sp³-hybridized carbons (Fsp3) is 0.600. The molecule has 2 aliphatic carbocycles. The Hall–Kier alpha value is -1.84. The van der Waals surface area contributed by atoms with Crippen molar-refractivity contribution in [1.82, 2.24) is 4.90 Å². The molecular weight excluding hydrogens is 302 g/mol. The number of hydrogen-bond donors (Lipinski definition) is 1. The highest BCUT2D eigenvalue weighted by atomic mass is 16.4. The van der Waals surface area contributed by atoms with E-state index in [4.69, 9.17) is 5.11 Å². The standard InChI is InChI=1S/C20H27NO3/c1-14(18(22)23)13-21(2)19(24)20(11-15-6-4-3-5-7-15)12-16-8-9-17(20)10-16/h3-7,14,16-17H,8-13H2,1-2H3,(H,22,23). The molecule has 1 amide bonds. The molecule has 3 rings (SSSR count). The fourth-order valence-corrected chi connectivity index (χ4v) is 4.91. The Labute approximate surface area is 143 Å². The number of carbonyl (C=O) groups is 2. The number of nitrogens with zero attached hydrogens (tertiary/aromatic N) is 1. The summed E-state index contributed by atoms with van der Waals surface area (Å²) in [5.41, 5.74) is 0.870. The van der Waals surface area contributed by atoms with Gasteiger partial charge in [0.1, 0.15) is 0 Å². The van der Waals surface area contributed by atoms with Gasteiger partial charge in [-0.1, -0.05) is 43.7 Å². The summed E-state index contributed by atoms with van der Waals surface area (Å²) in [7, 11) is 1.76. The molecule has 0 aliphatic heterocycles. The van der Waals surface area contributed by atoms with Crippen molar-refractivity contribution in [2.45, 2.75) is 39.0 Å². The average Bonchev–Trinajstić information content (AvgIpc) is 3.16. The van der Waals surface area contributed by atoms with E-state index in [9.17, 15) is 9.59 Å². The maximum atomic E-state index is 13.4. The Morgan fingerprint density at radius 2 is 2.00 bits per heavy atom. The third kappa shape index (κ3) is 3.06. The summed E-state index contributed by atoms with van der Waals surface area (Å²) in [6.07, 6.45) is 5.26. The van der Waals surface area contributed by atoms with Crippen LogP contribution in [0.4, 0.5) is 0 Å². The number of carbonyl (C=O) groups excluding carboxylic acids is 1. The van der Waals surface area contributed by atoms with Crippen LogP contribution in [0.3, 0.4) is 0 Å². The topological polar surface area (TPSA) is 57.6 Å². The van der Waals surface area contributed by atoms with Crippen molar-refractivity contribution < 1.29 is 14.7 Å². The molecule has 1 aromatic rings. The number of amides is 1. The highest BCUT2D eigenvalue weighted by Gasteiger charge is 2.56. The van der Waals surface area contributed by atoms with Crippen molar-refractivity contribution in [3.05, 3.63) is 35.9 Å². The van der Waals surface area contributed by atoms with Gasteiger partial charge in [-0.05, 0) is 43.1 Å². The molecule has 4 nitrogen and oxygen atoms in total. The maximum absolute atomic E-state index is 13.4. The van der Waals surface area contributed by atoms with Gasteiger partial charge in [0.15, 0.2) is 0 Å². The molecule has 4 heteroatoms. The second-order valence-electron chi connectivity index (χ2n) is 7.82. The molecule has 2 bridgehead atoms. The molecule has 1 aromatic carbocycles. The maximum Gasteiger partial charge on any atom is 0.308 e. The molecule has 0 heterocycles. The number of aliphatic carboxylic acids is 1. The van der Waals surface area contributed by atoms with Gasteiger partial charge in [0, 0.05) is 13.6 Å². The van der Waals surface area contributed by atoms with Crippen molar-refractivity contribution in [3.8, 4) is 0 Å². The molecule has 0 aromatic heterocycles. The summed E-state index contributed by atoms with van der Waals surface area (Å²) >= 11 is 0. The van der Waals surface area contributed by atoms with Crippen LogP contribution >= 0.6 is 0 Å². The van der Waals surface area contributed by atoms with E-state index >= 15 is 0 Å². The Morgan fingerprint density at radius 1 is 1.29 bits per heavy atom. The van der Waals surface area contributed by atoms with Gasteiger partial charge in [0.05, 0.1) is 11.3 Å². The van der Waals surface area contributed by atoms with Gasteiger partial charge in [-0.15, -0.1) is 0 Å². The quantitative estimate of drug-likeness (QED) is 0.872. The zero-order valence-corrected chi connectivity index (χ0v) is 14.6. The van der Waals surface area contributed by atoms with Gasteiger partial charge in [0.25, 0.3) is 0 Å². The average molecular weight is 329 g/mol. The lowest BCUT2D eigenvalue weighted by Gasteiger charge is -2.40. The summed E-state index contributed by atoms with van der Waals surface area (Å²) in [5, 5.41) is 9.14. The van der Waals surface area contributed by atoms with Gasteiger partial charge in [0.2, 0.25) is 5.91 Å². The first-order valence-corrected chi connectivity index (χ1v) is 8.94. The molecule has 0 radical (unpaired) electrons. The molecule has 1 N–H and O–H groups in total. The van der Waals surface area contributed by atoms with Gasteiger partial charge in [-0.2, -0.15) is 0 Å². The first kappa shape index (κ1) is 17.0. The number of carboxylic acids is 1. The van der Waals surface area contributed by atoms with Crippen LogP contribution < -0.4 is 0 Å². The Morgan fingerprint density at radius 3 is 2.54 bits per heavy atom. The van der Waals surface area contributed by atoms with Crippen LogP contribution in [0.15, 0.2) is 30.3 Å². The first-order chi connectivity index (χ1) is 11.4. The van der Waals surface area contributed by atoms with Crippen molar-refractivity contribution in [1.29, 1.82) is 0 Å². The lowest BCUT2D eigenvalue weighted by atomic mass is 9.68. The highest BCUT2D eigenvalue weighted by molar-refractivity contribution is 5.84. The van der Waals surface area contributed by atoms with Gasteiger partial charge in [-0.25, -0.2) is 0 Å². The second-order valence-corrected chi connectivity index (χ2v) is 7.82. The molecule has 0 saturated heterocycles. The van der Waals surface area contributed by atoms with Crippen LogP contribution in [0, 0.1) is 23.2 Å². The van der Waals surface area contributed by atoms with E-state index in [0.29, 0.717) is 11.8 Å². The van der Waals surface area contributed by atoms with Gasteiger partial charge in [-0.3, -0.25) is 9.59 Å². The number of fused-ring (bicyclic) bond motifs is 2. The van der Waals surface area contributed by atoms with E-state index in [2.05, 4.69) is 12.1 Å². The normalized spacial score (nSPS) is 29.4. The smallest absolute Gasteiger partial charge is 0.308 e. The second kappa shape index (κ2) is 6.58. The van der Waals surface area contributed by atoms with Gasteiger partial charge < -0.3 is 10.0 Å². The molecule has 4 unspecified atom stereocenters. The summed E-state index contributed by atoms with van der Waals surface area (Å²) in [6, 6.07) is 10.2. The molecule has 24 heavy (non-hydrogen) atoms. The van der Waals surface area contributed by atoms with Gasteiger partial charge >= 0.3 is 5.97 Å². The number of rotatable bonds is 6. The summed E-state index contributed by atoms with van der Waals surface area (Å²) in [5.74, 6) is -0.136. The summed E-state index contributed by atoms with van der Waals surface area (Å²) < 4.78 is 0. The largest absolute Gasteiger partial charge is 0.481 e.